The highest BCUT2D eigenvalue weighted by molar-refractivity contribution is 6.02. The van der Waals surface area contributed by atoms with E-state index in [2.05, 4.69) is 10.4 Å². The summed E-state index contributed by atoms with van der Waals surface area (Å²) in [6.07, 6.45) is 4.94. The first kappa shape index (κ1) is 11.8. The first-order valence-electron chi connectivity index (χ1n) is 5.31. The van der Waals surface area contributed by atoms with E-state index in [1.54, 1.807) is 60.7 Å². The second-order valence-electron chi connectivity index (χ2n) is 3.68. The monoisotopic (exact) mass is 244 g/mol. The molecule has 6 nitrogen and oxygen atoms in total. The quantitative estimate of drug-likeness (QED) is 0.427. The average molecular weight is 244 g/mol. The lowest BCUT2D eigenvalue weighted by Crippen LogP contribution is -2.40. The first-order chi connectivity index (χ1) is 8.65. The third-order valence-corrected chi connectivity index (χ3v) is 2.22. The standard InChI is InChI=1S/C12H12N4O2/c1-15-7-8-16(9-15)14-12(18)13-11(17)10-5-3-2-4-6-10/h2-9H,1H3,(H-,13,14,17,18). The number of carbonyl (C=O) groups excluding carboxylic acids is 1. The Bertz CT molecular complexity index is 575. The topological polar surface area (TPSA) is 73.3 Å². The van der Waals surface area contributed by atoms with Gasteiger partial charge in [0, 0.05) is 5.56 Å². The van der Waals surface area contributed by atoms with Crippen LogP contribution >= 0.6 is 0 Å². The van der Waals surface area contributed by atoms with Crippen LogP contribution in [0.1, 0.15) is 10.4 Å². The Morgan fingerprint density at radius 3 is 2.72 bits per heavy atom. The molecule has 0 atom stereocenters. The Hall–Kier alpha value is -2.63. The molecule has 1 N–H and O–H groups in total. The number of benzene rings is 1. The Morgan fingerprint density at radius 2 is 2.11 bits per heavy atom. The van der Waals surface area contributed by atoms with E-state index in [9.17, 15) is 9.90 Å². The second kappa shape index (κ2) is 5.13. The third-order valence-electron chi connectivity index (χ3n) is 2.22. The Labute approximate surface area is 104 Å². The van der Waals surface area contributed by atoms with Gasteiger partial charge in [0.2, 0.25) is 0 Å². The maximum atomic E-state index is 11.6. The molecule has 0 fully saturated rings. The summed E-state index contributed by atoms with van der Waals surface area (Å²) in [4.78, 5) is 11.6. The van der Waals surface area contributed by atoms with E-state index in [1.807, 2.05) is 0 Å². The molecule has 0 spiro atoms. The lowest BCUT2D eigenvalue weighted by atomic mass is 10.2. The first-order valence-corrected chi connectivity index (χ1v) is 5.31. The summed E-state index contributed by atoms with van der Waals surface area (Å²) >= 11 is 0. The Kier molecular flexibility index (Phi) is 3.38. The van der Waals surface area contributed by atoms with Crippen LogP contribution in [0.2, 0.25) is 0 Å². The molecule has 0 bridgehead atoms. The number of hydrogen-bond acceptors (Lipinski definition) is 3. The summed E-state index contributed by atoms with van der Waals surface area (Å²) in [6.45, 7) is 0. The molecule has 0 saturated carbocycles. The molecule has 0 aliphatic rings. The molecule has 0 saturated heterocycles. The fourth-order valence-electron chi connectivity index (χ4n) is 1.38. The van der Waals surface area contributed by atoms with Crippen LogP contribution in [-0.4, -0.2) is 16.6 Å². The highest BCUT2D eigenvalue weighted by Gasteiger charge is 2.04. The number of amidine groups is 1. The van der Waals surface area contributed by atoms with E-state index < -0.39 is 11.9 Å². The van der Waals surface area contributed by atoms with Crippen molar-refractivity contribution in [2.75, 3.05) is 0 Å². The van der Waals surface area contributed by atoms with Crippen molar-refractivity contribution in [2.45, 2.75) is 0 Å². The molecule has 6 heteroatoms. The minimum Gasteiger partial charge on any atom is -0.843 e. The van der Waals surface area contributed by atoms with Gasteiger partial charge in [0.25, 0.3) is 12.2 Å². The van der Waals surface area contributed by atoms with Gasteiger partial charge in [-0.25, -0.2) is 4.57 Å². The van der Waals surface area contributed by atoms with Gasteiger partial charge >= 0.3 is 0 Å². The molecule has 2 aromatic rings. The largest absolute Gasteiger partial charge is 0.843 e. The van der Waals surface area contributed by atoms with E-state index in [0.717, 1.165) is 0 Å². The number of amides is 1. The van der Waals surface area contributed by atoms with Gasteiger partial charge in [-0.2, -0.15) is 0 Å². The predicted octanol–water partition coefficient (Wildman–Crippen LogP) is -0.778. The van der Waals surface area contributed by atoms with E-state index in [-0.39, 0.29) is 0 Å². The van der Waals surface area contributed by atoms with Gasteiger partial charge in [0.15, 0.2) is 6.20 Å². The van der Waals surface area contributed by atoms with Gasteiger partial charge in [-0.05, 0) is 12.1 Å². The van der Waals surface area contributed by atoms with E-state index in [4.69, 9.17) is 0 Å². The summed E-state index contributed by atoms with van der Waals surface area (Å²) in [5.74, 6) is -0.471. The molecule has 2 rings (SSSR count). The normalized spacial score (nSPS) is 11.3. The number of aromatic nitrogens is 2. The van der Waals surface area contributed by atoms with Crippen molar-refractivity contribution in [2.24, 2.45) is 12.1 Å². The highest BCUT2D eigenvalue weighted by atomic mass is 16.3. The molecule has 1 aromatic carbocycles. The van der Waals surface area contributed by atoms with Gasteiger partial charge in [-0.1, -0.05) is 23.3 Å². The highest BCUT2D eigenvalue weighted by Crippen LogP contribution is 1.97. The molecule has 1 aromatic heterocycles. The fourth-order valence-corrected chi connectivity index (χ4v) is 1.38. The van der Waals surface area contributed by atoms with Gasteiger partial charge in [-0.3, -0.25) is 4.79 Å². The van der Waals surface area contributed by atoms with Gasteiger partial charge in [0.05, 0.1) is 7.05 Å². The Morgan fingerprint density at radius 1 is 1.39 bits per heavy atom. The lowest BCUT2D eigenvalue weighted by Gasteiger charge is -2.09. The molecular formula is C12H12N4O2. The van der Waals surface area contributed by atoms with Gasteiger partial charge < -0.3 is 10.4 Å². The number of carbonyl (C=O) groups is 1. The van der Waals surface area contributed by atoms with Crippen LogP contribution in [0.5, 0.6) is 0 Å². The van der Waals surface area contributed by atoms with Crippen LogP contribution in [0, 0.1) is 0 Å². The van der Waals surface area contributed by atoms with E-state index >= 15 is 0 Å². The number of nitrogens with zero attached hydrogens (tertiary/aromatic N) is 3. The summed E-state index contributed by atoms with van der Waals surface area (Å²) in [6, 6.07) is 7.78. The zero-order valence-electron chi connectivity index (χ0n) is 9.78. The molecule has 0 unspecified atom stereocenters. The second-order valence-corrected chi connectivity index (χ2v) is 3.68. The summed E-state index contributed by atoms with van der Waals surface area (Å²) in [7, 11) is 1.80. The number of imidazole rings is 1. The van der Waals surface area contributed by atoms with Crippen molar-refractivity contribution in [1.82, 2.24) is 9.99 Å². The van der Waals surface area contributed by atoms with Crippen molar-refractivity contribution in [3.8, 4) is 0 Å². The van der Waals surface area contributed by atoms with Crippen molar-refractivity contribution in [1.29, 1.82) is 0 Å². The van der Waals surface area contributed by atoms with Crippen molar-refractivity contribution in [3.05, 3.63) is 54.6 Å². The predicted molar refractivity (Wildman–Crippen MR) is 62.3 cm³/mol. The number of rotatable bonds is 2. The lowest BCUT2D eigenvalue weighted by molar-refractivity contribution is -0.671. The van der Waals surface area contributed by atoms with Crippen molar-refractivity contribution < 1.29 is 14.5 Å². The van der Waals surface area contributed by atoms with E-state index in [0.29, 0.717) is 5.56 Å². The minimum absolute atomic E-state index is 0.416. The molecule has 1 amide bonds. The molecular weight excluding hydrogens is 232 g/mol. The molecule has 0 aliphatic heterocycles. The zero-order valence-corrected chi connectivity index (χ0v) is 9.78. The third kappa shape index (κ3) is 2.94. The maximum Gasteiger partial charge on any atom is 0.269 e. The van der Waals surface area contributed by atoms with Crippen LogP contribution in [0.3, 0.4) is 0 Å². The Balaban J connectivity index is 2.06. The van der Waals surface area contributed by atoms with Crippen LogP contribution in [0.25, 0.3) is 0 Å². The summed E-state index contributed by atoms with van der Waals surface area (Å²) < 4.78 is 3.06. The molecule has 0 aliphatic carbocycles. The molecule has 18 heavy (non-hydrogen) atoms. The molecule has 0 radical (unpaired) electrons. The fraction of sp³-hybridized carbons (Fsp3) is 0.0833. The number of hydrogen-bond donors (Lipinski definition) is 1. The van der Waals surface area contributed by atoms with Crippen molar-refractivity contribution in [3.63, 3.8) is 0 Å². The zero-order chi connectivity index (χ0) is 13.0. The number of aryl methyl sites for hydroxylation is 1. The van der Waals surface area contributed by atoms with Crippen LogP contribution in [0.15, 0.2) is 54.2 Å². The average Bonchev–Trinajstić information content (AvgIpc) is 2.75. The maximum absolute atomic E-state index is 11.6. The van der Waals surface area contributed by atoms with Gasteiger partial charge in [0.1, 0.15) is 12.2 Å². The van der Waals surface area contributed by atoms with Crippen LogP contribution in [-0.2, 0) is 7.05 Å². The smallest absolute Gasteiger partial charge is 0.269 e. The van der Waals surface area contributed by atoms with Gasteiger partial charge in [-0.15, -0.1) is 4.68 Å². The van der Waals surface area contributed by atoms with Crippen LogP contribution < -0.4 is 15.0 Å². The van der Waals surface area contributed by atoms with Crippen molar-refractivity contribution >= 4 is 11.9 Å². The number of nitrogens with one attached hydrogen (secondary N) is 1. The SMILES string of the molecule is C[n+]1ccn(/N=C(/[O-])NC(=O)c2ccccc2)c1. The molecule has 92 valence electrons. The minimum atomic E-state index is -0.708. The van der Waals surface area contributed by atoms with E-state index in [1.165, 1.54) is 4.68 Å². The molecule has 1 heterocycles. The summed E-state index contributed by atoms with van der Waals surface area (Å²) in [5, 5.41) is 17.3. The summed E-state index contributed by atoms with van der Waals surface area (Å²) in [5.41, 5.74) is 0.416. The van der Waals surface area contributed by atoms with Crippen LogP contribution in [0.4, 0.5) is 0 Å².